The van der Waals surface area contributed by atoms with Gasteiger partial charge >= 0.3 is 0 Å². The Morgan fingerprint density at radius 2 is 2.00 bits per heavy atom. The van der Waals surface area contributed by atoms with Crippen LogP contribution in [0.4, 0.5) is 0 Å². The van der Waals surface area contributed by atoms with Gasteiger partial charge < -0.3 is 5.32 Å². The Morgan fingerprint density at radius 3 is 2.53 bits per heavy atom. The molecule has 0 aliphatic heterocycles. The maximum atomic E-state index is 5.41. The van der Waals surface area contributed by atoms with E-state index in [9.17, 15) is 0 Å². The molecule has 1 atom stereocenters. The maximum absolute atomic E-state index is 5.41. The van der Waals surface area contributed by atoms with E-state index in [-0.39, 0.29) is 6.04 Å². The highest BCUT2D eigenvalue weighted by Crippen LogP contribution is 2.29. The van der Waals surface area contributed by atoms with Gasteiger partial charge in [0.2, 0.25) is 0 Å². The fraction of sp³-hybridized carbons (Fsp3) is 0.857. The van der Waals surface area contributed by atoms with E-state index >= 15 is 0 Å². The predicted molar refractivity (Wildman–Crippen MR) is 66.7 cm³/mol. The lowest BCUT2D eigenvalue weighted by atomic mass is 9.81. The molecule has 0 saturated heterocycles. The van der Waals surface area contributed by atoms with Crippen LogP contribution in [-0.4, -0.2) is 12.6 Å². The summed E-state index contributed by atoms with van der Waals surface area (Å²) in [7, 11) is 0. The molecule has 1 aliphatic rings. The van der Waals surface area contributed by atoms with E-state index in [0.717, 1.165) is 24.8 Å². The van der Waals surface area contributed by atoms with E-state index in [1.54, 1.807) is 0 Å². The molecule has 0 aromatic carbocycles. The van der Waals surface area contributed by atoms with Crippen molar-refractivity contribution in [1.29, 1.82) is 0 Å². The molecule has 86 valence electrons. The molecule has 0 aromatic rings. The van der Waals surface area contributed by atoms with Crippen molar-refractivity contribution >= 4 is 0 Å². The van der Waals surface area contributed by atoms with Gasteiger partial charge in [-0.2, -0.15) is 0 Å². The maximum Gasteiger partial charge on any atom is 0.0684 e. The number of rotatable bonds is 5. The fourth-order valence-corrected chi connectivity index (χ4v) is 2.40. The smallest absolute Gasteiger partial charge is 0.0684 e. The third kappa shape index (κ3) is 4.71. The Balaban J connectivity index is 2.08. The third-order valence-electron chi connectivity index (χ3n) is 3.69. The van der Waals surface area contributed by atoms with E-state index in [0.29, 0.717) is 0 Å². The monoisotopic (exact) mass is 207 g/mol. The van der Waals surface area contributed by atoms with Crippen molar-refractivity contribution in [2.45, 2.75) is 58.4 Å². The largest absolute Gasteiger partial charge is 0.304 e. The van der Waals surface area contributed by atoms with Gasteiger partial charge in [0, 0.05) is 0 Å². The van der Waals surface area contributed by atoms with Crippen molar-refractivity contribution < 1.29 is 0 Å². The number of hydrogen-bond acceptors (Lipinski definition) is 1. The van der Waals surface area contributed by atoms with E-state index in [1.807, 2.05) is 0 Å². The zero-order valence-electron chi connectivity index (χ0n) is 10.3. The van der Waals surface area contributed by atoms with Crippen LogP contribution in [0.5, 0.6) is 0 Å². The Morgan fingerprint density at radius 1 is 1.33 bits per heavy atom. The van der Waals surface area contributed by atoms with E-state index in [1.165, 1.54) is 32.1 Å². The lowest BCUT2D eigenvalue weighted by Gasteiger charge is -2.26. The van der Waals surface area contributed by atoms with Crippen LogP contribution in [0, 0.1) is 24.2 Å². The van der Waals surface area contributed by atoms with Crippen LogP contribution in [0.3, 0.4) is 0 Å². The van der Waals surface area contributed by atoms with Crippen LogP contribution < -0.4 is 5.32 Å². The number of terminal acetylenes is 1. The fourth-order valence-electron chi connectivity index (χ4n) is 2.40. The quantitative estimate of drug-likeness (QED) is 0.683. The second-order valence-corrected chi connectivity index (χ2v) is 5.00. The molecule has 0 radical (unpaired) electrons. The van der Waals surface area contributed by atoms with Crippen molar-refractivity contribution in [1.82, 2.24) is 5.32 Å². The Kier molecular flexibility index (Phi) is 5.79. The zero-order chi connectivity index (χ0) is 11.1. The summed E-state index contributed by atoms with van der Waals surface area (Å²) in [6.45, 7) is 5.61. The molecule has 1 heteroatoms. The summed E-state index contributed by atoms with van der Waals surface area (Å²) in [4.78, 5) is 0. The van der Waals surface area contributed by atoms with Crippen LogP contribution in [0.15, 0.2) is 0 Å². The van der Waals surface area contributed by atoms with Crippen molar-refractivity contribution in [3.05, 3.63) is 0 Å². The summed E-state index contributed by atoms with van der Waals surface area (Å²) >= 11 is 0. The standard InChI is InChI=1S/C14H25N/c1-4-14(5-2)15-11-10-13-8-6-12(3)7-9-13/h1,12-15H,5-11H2,2-3H3. The molecule has 0 heterocycles. The van der Waals surface area contributed by atoms with Crippen LogP contribution >= 0.6 is 0 Å². The minimum Gasteiger partial charge on any atom is -0.304 e. The number of nitrogens with one attached hydrogen (secondary N) is 1. The lowest BCUT2D eigenvalue weighted by Crippen LogP contribution is -2.29. The first-order valence-electron chi connectivity index (χ1n) is 6.45. The van der Waals surface area contributed by atoms with Crippen LogP contribution in [-0.2, 0) is 0 Å². The normalized spacial score (nSPS) is 28.3. The molecule has 1 nitrogen and oxygen atoms in total. The van der Waals surface area contributed by atoms with Crippen molar-refractivity contribution in [3.8, 4) is 12.3 Å². The minimum atomic E-state index is 0.285. The highest BCUT2D eigenvalue weighted by atomic mass is 14.9. The second-order valence-electron chi connectivity index (χ2n) is 5.00. The summed E-state index contributed by atoms with van der Waals surface area (Å²) in [5.74, 6) is 4.69. The molecule has 0 aromatic heterocycles. The molecule has 0 bridgehead atoms. The third-order valence-corrected chi connectivity index (χ3v) is 3.69. The van der Waals surface area contributed by atoms with E-state index < -0.39 is 0 Å². The Hall–Kier alpha value is -0.480. The molecule has 1 N–H and O–H groups in total. The molecular weight excluding hydrogens is 182 g/mol. The highest BCUT2D eigenvalue weighted by Gasteiger charge is 2.17. The van der Waals surface area contributed by atoms with Gasteiger partial charge in [-0.15, -0.1) is 6.42 Å². The van der Waals surface area contributed by atoms with Crippen molar-refractivity contribution in [3.63, 3.8) is 0 Å². The molecule has 1 saturated carbocycles. The van der Waals surface area contributed by atoms with Gasteiger partial charge in [0.05, 0.1) is 6.04 Å². The topological polar surface area (TPSA) is 12.0 Å². The van der Waals surface area contributed by atoms with E-state index in [4.69, 9.17) is 6.42 Å². The van der Waals surface area contributed by atoms with Gasteiger partial charge in [0.1, 0.15) is 0 Å². The summed E-state index contributed by atoms with van der Waals surface area (Å²) in [5.41, 5.74) is 0. The average molecular weight is 207 g/mol. The van der Waals surface area contributed by atoms with Crippen molar-refractivity contribution in [2.24, 2.45) is 11.8 Å². The van der Waals surface area contributed by atoms with Crippen molar-refractivity contribution in [2.75, 3.05) is 6.54 Å². The molecule has 0 spiro atoms. The summed E-state index contributed by atoms with van der Waals surface area (Å²) < 4.78 is 0. The zero-order valence-corrected chi connectivity index (χ0v) is 10.3. The van der Waals surface area contributed by atoms with Gasteiger partial charge in [-0.25, -0.2) is 0 Å². The minimum absolute atomic E-state index is 0.285. The van der Waals surface area contributed by atoms with E-state index in [2.05, 4.69) is 25.1 Å². The summed E-state index contributed by atoms with van der Waals surface area (Å²) in [6, 6.07) is 0.285. The first-order valence-corrected chi connectivity index (χ1v) is 6.45. The van der Waals surface area contributed by atoms with Crippen LogP contribution in [0.25, 0.3) is 0 Å². The SMILES string of the molecule is C#CC(CC)NCCC1CCC(C)CC1. The summed E-state index contributed by atoms with van der Waals surface area (Å²) in [6.07, 6.45) is 13.5. The van der Waals surface area contributed by atoms with Gasteiger partial charge in [0.25, 0.3) is 0 Å². The predicted octanol–water partition coefficient (Wildman–Crippen LogP) is 3.20. The molecule has 1 aliphatic carbocycles. The van der Waals surface area contributed by atoms with Crippen LogP contribution in [0.1, 0.15) is 52.4 Å². The molecule has 0 amide bonds. The Bertz CT molecular complexity index is 196. The molecule has 1 unspecified atom stereocenters. The molecule has 1 rings (SSSR count). The molecular formula is C14H25N. The van der Waals surface area contributed by atoms with Gasteiger partial charge in [-0.1, -0.05) is 45.5 Å². The second kappa shape index (κ2) is 6.90. The van der Waals surface area contributed by atoms with Gasteiger partial charge in [-0.3, -0.25) is 0 Å². The molecule has 15 heavy (non-hydrogen) atoms. The first-order chi connectivity index (χ1) is 7.26. The van der Waals surface area contributed by atoms with Crippen LogP contribution in [0.2, 0.25) is 0 Å². The van der Waals surface area contributed by atoms with Gasteiger partial charge in [-0.05, 0) is 31.2 Å². The number of hydrogen-bond donors (Lipinski definition) is 1. The summed E-state index contributed by atoms with van der Waals surface area (Å²) in [5, 5.41) is 3.44. The Labute approximate surface area is 95.0 Å². The molecule has 1 fully saturated rings. The van der Waals surface area contributed by atoms with Gasteiger partial charge in [0.15, 0.2) is 0 Å². The highest BCUT2D eigenvalue weighted by molar-refractivity contribution is 4.97. The lowest BCUT2D eigenvalue weighted by molar-refractivity contribution is 0.274. The average Bonchev–Trinajstić information content (AvgIpc) is 2.27. The first kappa shape index (κ1) is 12.6.